The van der Waals surface area contributed by atoms with E-state index in [0.29, 0.717) is 12.0 Å². The van der Waals surface area contributed by atoms with E-state index in [2.05, 4.69) is 35.6 Å². The summed E-state index contributed by atoms with van der Waals surface area (Å²) in [7, 11) is 0. The molecule has 2 heteroatoms. The van der Waals surface area contributed by atoms with Gasteiger partial charge in [-0.2, -0.15) is 0 Å². The molecule has 2 rings (SSSR count). The maximum absolute atomic E-state index is 5.65. The lowest BCUT2D eigenvalue weighted by atomic mass is 9.91. The van der Waals surface area contributed by atoms with Gasteiger partial charge in [0.15, 0.2) is 0 Å². The lowest BCUT2D eigenvalue weighted by molar-refractivity contribution is 0.320. The zero-order chi connectivity index (χ0) is 9.80. The molecule has 1 aliphatic rings. The third kappa shape index (κ3) is 2.14. The molecule has 0 aromatic heterocycles. The fraction of sp³-hybridized carbons (Fsp3) is 0.500. The van der Waals surface area contributed by atoms with E-state index in [9.17, 15) is 0 Å². The highest BCUT2D eigenvalue weighted by Crippen LogP contribution is 2.24. The van der Waals surface area contributed by atoms with Gasteiger partial charge in [0.25, 0.3) is 0 Å². The summed E-state index contributed by atoms with van der Waals surface area (Å²) in [5, 5.41) is 3.56. The largest absolute Gasteiger partial charge is 0.330 e. The smallest absolute Gasteiger partial charge is 0.0320 e. The van der Waals surface area contributed by atoms with E-state index < -0.39 is 0 Å². The summed E-state index contributed by atoms with van der Waals surface area (Å²) in [6.45, 7) is 1.88. The molecule has 0 unspecified atom stereocenters. The van der Waals surface area contributed by atoms with Crippen molar-refractivity contribution in [1.82, 2.24) is 5.32 Å². The van der Waals surface area contributed by atoms with Gasteiger partial charge in [0.2, 0.25) is 0 Å². The number of nitrogens with two attached hydrogens (primary N) is 1. The minimum absolute atomic E-state index is 0.541. The van der Waals surface area contributed by atoms with Crippen LogP contribution in [-0.4, -0.2) is 13.1 Å². The molecule has 0 radical (unpaired) electrons. The van der Waals surface area contributed by atoms with E-state index in [4.69, 9.17) is 5.73 Å². The van der Waals surface area contributed by atoms with Crippen LogP contribution < -0.4 is 11.1 Å². The van der Waals surface area contributed by atoms with Gasteiger partial charge in [0.1, 0.15) is 0 Å². The Kier molecular flexibility index (Phi) is 3.17. The first kappa shape index (κ1) is 9.69. The summed E-state index contributed by atoms with van der Waals surface area (Å²) in [6.07, 6.45) is 2.47. The zero-order valence-electron chi connectivity index (χ0n) is 8.45. The van der Waals surface area contributed by atoms with Crippen molar-refractivity contribution in [2.75, 3.05) is 13.1 Å². The molecule has 1 saturated heterocycles. The van der Waals surface area contributed by atoms with E-state index in [0.717, 1.165) is 13.1 Å². The molecule has 0 amide bonds. The van der Waals surface area contributed by atoms with Crippen molar-refractivity contribution in [3.05, 3.63) is 35.9 Å². The highest BCUT2D eigenvalue weighted by molar-refractivity contribution is 5.19. The summed E-state index contributed by atoms with van der Waals surface area (Å²) in [4.78, 5) is 0. The van der Waals surface area contributed by atoms with Crippen LogP contribution in [0.5, 0.6) is 0 Å². The van der Waals surface area contributed by atoms with E-state index >= 15 is 0 Å². The lowest BCUT2D eigenvalue weighted by Gasteiger charge is -2.29. The molecule has 1 aromatic carbocycles. The Balaban J connectivity index is 1.96. The summed E-state index contributed by atoms with van der Waals surface area (Å²) in [5.41, 5.74) is 7.05. The van der Waals surface area contributed by atoms with Crippen molar-refractivity contribution < 1.29 is 0 Å². The molecule has 2 atom stereocenters. The summed E-state index contributed by atoms with van der Waals surface area (Å²) in [5.74, 6) is 0.676. The maximum atomic E-state index is 5.65. The molecule has 1 heterocycles. The molecule has 0 saturated carbocycles. The molecular weight excluding hydrogens is 172 g/mol. The molecule has 76 valence electrons. The standard InChI is InChI=1S/C12H18N2/c13-8-10-6-7-12(14-9-10)11-4-2-1-3-5-11/h1-5,10,12,14H,6-9,13H2/t10-,12-/m0/s1. The van der Waals surface area contributed by atoms with Crippen LogP contribution in [-0.2, 0) is 0 Å². The maximum Gasteiger partial charge on any atom is 0.0320 e. The van der Waals surface area contributed by atoms with Gasteiger partial charge < -0.3 is 11.1 Å². The van der Waals surface area contributed by atoms with Gasteiger partial charge in [0.05, 0.1) is 0 Å². The first-order valence-electron chi connectivity index (χ1n) is 5.38. The van der Waals surface area contributed by atoms with E-state index in [1.807, 2.05) is 0 Å². The fourth-order valence-electron chi connectivity index (χ4n) is 2.09. The summed E-state index contributed by atoms with van der Waals surface area (Å²) >= 11 is 0. The van der Waals surface area contributed by atoms with Crippen LogP contribution in [0.2, 0.25) is 0 Å². The van der Waals surface area contributed by atoms with Crippen LogP contribution in [0.3, 0.4) is 0 Å². The predicted molar refractivity (Wildman–Crippen MR) is 59.0 cm³/mol. The van der Waals surface area contributed by atoms with Gasteiger partial charge in [-0.3, -0.25) is 0 Å². The van der Waals surface area contributed by atoms with Crippen LogP contribution in [0.15, 0.2) is 30.3 Å². The monoisotopic (exact) mass is 190 g/mol. The van der Waals surface area contributed by atoms with Crippen LogP contribution in [0.25, 0.3) is 0 Å². The van der Waals surface area contributed by atoms with Crippen LogP contribution >= 0.6 is 0 Å². The number of piperidine rings is 1. The average molecular weight is 190 g/mol. The zero-order valence-corrected chi connectivity index (χ0v) is 8.45. The van der Waals surface area contributed by atoms with Crippen molar-refractivity contribution in [3.8, 4) is 0 Å². The third-order valence-electron chi connectivity index (χ3n) is 3.05. The van der Waals surface area contributed by atoms with Gasteiger partial charge in [0, 0.05) is 6.04 Å². The SMILES string of the molecule is NC[C@@H]1CC[C@@H](c2ccccc2)NC1. The fourth-order valence-corrected chi connectivity index (χ4v) is 2.09. The normalized spacial score (nSPS) is 27.5. The topological polar surface area (TPSA) is 38.0 Å². The molecule has 14 heavy (non-hydrogen) atoms. The molecule has 0 aliphatic carbocycles. The third-order valence-corrected chi connectivity index (χ3v) is 3.05. The minimum Gasteiger partial charge on any atom is -0.330 e. The highest BCUT2D eigenvalue weighted by Gasteiger charge is 2.19. The van der Waals surface area contributed by atoms with Crippen LogP contribution in [0.1, 0.15) is 24.4 Å². The van der Waals surface area contributed by atoms with Gasteiger partial charge in [-0.05, 0) is 37.4 Å². The lowest BCUT2D eigenvalue weighted by Crippen LogP contribution is -2.36. The van der Waals surface area contributed by atoms with Crippen molar-refractivity contribution >= 4 is 0 Å². The predicted octanol–water partition coefficient (Wildman–Crippen LogP) is 1.69. The Labute approximate surface area is 85.5 Å². The van der Waals surface area contributed by atoms with E-state index in [-0.39, 0.29) is 0 Å². The first-order chi connectivity index (χ1) is 6.90. The minimum atomic E-state index is 0.541. The Morgan fingerprint density at radius 1 is 1.21 bits per heavy atom. The number of hydrogen-bond acceptors (Lipinski definition) is 2. The summed E-state index contributed by atoms with van der Waals surface area (Å²) in [6, 6.07) is 11.2. The van der Waals surface area contributed by atoms with Gasteiger partial charge in [-0.15, -0.1) is 0 Å². The van der Waals surface area contributed by atoms with E-state index in [1.54, 1.807) is 0 Å². The van der Waals surface area contributed by atoms with Crippen molar-refractivity contribution in [1.29, 1.82) is 0 Å². The molecule has 3 N–H and O–H groups in total. The van der Waals surface area contributed by atoms with E-state index in [1.165, 1.54) is 18.4 Å². The number of hydrogen-bond donors (Lipinski definition) is 2. The average Bonchev–Trinajstić information content (AvgIpc) is 2.30. The number of nitrogens with one attached hydrogen (secondary N) is 1. The van der Waals surface area contributed by atoms with Gasteiger partial charge in [-0.25, -0.2) is 0 Å². The molecule has 0 spiro atoms. The molecule has 2 nitrogen and oxygen atoms in total. The molecule has 1 aliphatic heterocycles. The number of rotatable bonds is 2. The van der Waals surface area contributed by atoms with Gasteiger partial charge >= 0.3 is 0 Å². The van der Waals surface area contributed by atoms with Crippen molar-refractivity contribution in [2.24, 2.45) is 11.7 Å². The Hall–Kier alpha value is -0.860. The summed E-state index contributed by atoms with van der Waals surface area (Å²) < 4.78 is 0. The molecule has 1 fully saturated rings. The Morgan fingerprint density at radius 2 is 2.00 bits per heavy atom. The van der Waals surface area contributed by atoms with Crippen LogP contribution in [0.4, 0.5) is 0 Å². The first-order valence-corrected chi connectivity index (χ1v) is 5.38. The quantitative estimate of drug-likeness (QED) is 0.744. The Bertz CT molecular complexity index is 263. The number of benzene rings is 1. The van der Waals surface area contributed by atoms with Crippen LogP contribution in [0, 0.1) is 5.92 Å². The highest BCUT2D eigenvalue weighted by atomic mass is 14.9. The van der Waals surface area contributed by atoms with Gasteiger partial charge in [-0.1, -0.05) is 30.3 Å². The second-order valence-electron chi connectivity index (χ2n) is 4.05. The van der Waals surface area contributed by atoms with Crippen molar-refractivity contribution in [2.45, 2.75) is 18.9 Å². The molecule has 0 bridgehead atoms. The second-order valence-corrected chi connectivity index (χ2v) is 4.05. The second kappa shape index (κ2) is 4.58. The molecule has 1 aromatic rings. The van der Waals surface area contributed by atoms with Crippen molar-refractivity contribution in [3.63, 3.8) is 0 Å². The Morgan fingerprint density at radius 3 is 2.57 bits per heavy atom. The molecular formula is C12H18N2.